The van der Waals surface area contributed by atoms with Crippen LogP contribution in [0.3, 0.4) is 0 Å². The van der Waals surface area contributed by atoms with Crippen molar-refractivity contribution >= 4 is 17.7 Å². The number of carbonyl (C=O) groups excluding carboxylic acids is 3. The average Bonchev–Trinajstić information content (AvgIpc) is 3.46. The Morgan fingerprint density at radius 2 is 1.63 bits per heavy atom. The standard InChI is InChI=1S/C35H34FN3O7/c1-4-44-30-16-23(17-31(45-5-2)32(30)24-19-37-38(3)20-24)33(41)39-12-10-35(11-13-39)18-28(40)26-15-22(7-9-29(26)46-35)21-6-8-27(36)25(14-21)34(42)43/h6-9,14-17,19-20H,4-5,10-13,18H2,1-3H3,(H,42,43)/p-1. The van der Waals surface area contributed by atoms with Gasteiger partial charge in [0.05, 0.1) is 42.9 Å². The number of ether oxygens (including phenoxy) is 3. The van der Waals surface area contributed by atoms with E-state index in [1.165, 1.54) is 12.1 Å². The van der Waals surface area contributed by atoms with Gasteiger partial charge in [0, 0.05) is 55.9 Å². The number of hydrogen-bond donors (Lipinski definition) is 0. The molecular formula is C35H33FN3O7-. The van der Waals surface area contributed by atoms with Crippen LogP contribution in [-0.2, 0) is 7.05 Å². The number of aryl methyl sites for hydroxylation is 1. The van der Waals surface area contributed by atoms with E-state index >= 15 is 0 Å². The average molecular weight is 627 g/mol. The van der Waals surface area contributed by atoms with Crippen LogP contribution in [-0.4, -0.2) is 64.2 Å². The van der Waals surface area contributed by atoms with E-state index in [9.17, 15) is 23.9 Å². The van der Waals surface area contributed by atoms with Crippen molar-refractivity contribution in [2.45, 2.75) is 38.7 Å². The second-order valence-corrected chi connectivity index (χ2v) is 11.5. The van der Waals surface area contributed by atoms with E-state index in [2.05, 4.69) is 5.10 Å². The molecule has 2 aliphatic heterocycles. The van der Waals surface area contributed by atoms with Crippen molar-refractivity contribution in [1.29, 1.82) is 0 Å². The number of aromatic nitrogens is 2. The second kappa shape index (κ2) is 12.3. The molecule has 6 rings (SSSR count). The number of carboxylic acid groups (broad SMARTS) is 1. The molecular weight excluding hydrogens is 593 g/mol. The first kappa shape index (κ1) is 30.8. The summed E-state index contributed by atoms with van der Waals surface area (Å²) in [6.45, 7) is 5.35. The molecule has 3 aromatic carbocycles. The molecule has 11 heteroatoms. The molecule has 2 aliphatic rings. The van der Waals surface area contributed by atoms with Crippen LogP contribution >= 0.6 is 0 Å². The first-order chi connectivity index (χ1) is 22.1. The zero-order chi connectivity index (χ0) is 32.6. The van der Waals surface area contributed by atoms with Gasteiger partial charge in [-0.2, -0.15) is 5.10 Å². The largest absolute Gasteiger partial charge is 0.545 e. The van der Waals surface area contributed by atoms with Gasteiger partial charge in [0.25, 0.3) is 5.91 Å². The van der Waals surface area contributed by atoms with E-state index in [-0.39, 0.29) is 18.1 Å². The first-order valence-corrected chi connectivity index (χ1v) is 15.2. The molecule has 1 fully saturated rings. The van der Waals surface area contributed by atoms with Gasteiger partial charge in [0.15, 0.2) is 5.78 Å². The molecule has 0 unspecified atom stereocenters. The third-order valence-electron chi connectivity index (χ3n) is 8.48. The minimum Gasteiger partial charge on any atom is -0.545 e. The minimum absolute atomic E-state index is 0.112. The highest BCUT2D eigenvalue weighted by Crippen LogP contribution is 2.43. The molecule has 1 aromatic heterocycles. The van der Waals surface area contributed by atoms with Crippen LogP contribution in [0.5, 0.6) is 17.2 Å². The zero-order valence-electron chi connectivity index (χ0n) is 25.8. The third-order valence-corrected chi connectivity index (χ3v) is 8.48. The molecule has 1 spiro atoms. The number of likely N-dealkylation sites (tertiary alicyclic amines) is 1. The lowest BCUT2D eigenvalue weighted by molar-refractivity contribution is -0.255. The van der Waals surface area contributed by atoms with E-state index in [0.29, 0.717) is 78.6 Å². The fourth-order valence-electron chi connectivity index (χ4n) is 6.20. The van der Waals surface area contributed by atoms with Crippen LogP contribution in [0.1, 0.15) is 64.2 Å². The number of nitrogens with zero attached hydrogens (tertiary/aromatic N) is 3. The van der Waals surface area contributed by atoms with Crippen molar-refractivity contribution in [2.24, 2.45) is 7.05 Å². The van der Waals surface area contributed by atoms with Gasteiger partial charge in [-0.15, -0.1) is 0 Å². The van der Waals surface area contributed by atoms with Crippen molar-refractivity contribution in [1.82, 2.24) is 14.7 Å². The normalized spacial score (nSPS) is 15.3. The molecule has 0 saturated carbocycles. The van der Waals surface area contributed by atoms with E-state index in [4.69, 9.17) is 14.2 Å². The smallest absolute Gasteiger partial charge is 0.254 e. The summed E-state index contributed by atoms with van der Waals surface area (Å²) in [6.07, 6.45) is 4.66. The van der Waals surface area contributed by atoms with E-state index in [1.54, 1.807) is 46.1 Å². The van der Waals surface area contributed by atoms with Gasteiger partial charge in [-0.05, 0) is 61.4 Å². The second-order valence-electron chi connectivity index (χ2n) is 11.5. The van der Waals surface area contributed by atoms with Crippen molar-refractivity contribution in [3.8, 4) is 39.5 Å². The zero-order valence-corrected chi connectivity index (χ0v) is 25.8. The van der Waals surface area contributed by atoms with Gasteiger partial charge >= 0.3 is 0 Å². The van der Waals surface area contributed by atoms with Crippen molar-refractivity contribution in [2.75, 3.05) is 26.3 Å². The lowest BCUT2D eigenvalue weighted by Gasteiger charge is -2.44. The highest BCUT2D eigenvalue weighted by molar-refractivity contribution is 6.02. The molecule has 0 aliphatic carbocycles. The number of rotatable bonds is 8. The summed E-state index contributed by atoms with van der Waals surface area (Å²) in [5, 5.41) is 15.6. The summed E-state index contributed by atoms with van der Waals surface area (Å²) in [4.78, 5) is 40.2. The predicted molar refractivity (Wildman–Crippen MR) is 165 cm³/mol. The number of carboxylic acids is 1. The number of benzene rings is 3. The summed E-state index contributed by atoms with van der Waals surface area (Å²) in [5.41, 5.74) is 2.07. The topological polar surface area (TPSA) is 123 Å². The Bertz CT molecular complexity index is 1810. The molecule has 0 radical (unpaired) electrons. The van der Waals surface area contributed by atoms with Crippen molar-refractivity contribution < 1.29 is 38.1 Å². The Kier molecular flexibility index (Phi) is 8.24. The van der Waals surface area contributed by atoms with Gasteiger partial charge in [-0.3, -0.25) is 14.3 Å². The first-order valence-electron chi connectivity index (χ1n) is 15.2. The third kappa shape index (κ3) is 5.80. The molecule has 3 heterocycles. The van der Waals surface area contributed by atoms with Crippen LogP contribution < -0.4 is 19.3 Å². The van der Waals surface area contributed by atoms with Gasteiger partial charge < -0.3 is 29.0 Å². The highest BCUT2D eigenvalue weighted by Gasteiger charge is 2.44. The van der Waals surface area contributed by atoms with Crippen LogP contribution in [0.2, 0.25) is 0 Å². The number of Topliss-reactive ketones (excluding diaryl/α,β-unsaturated/α-hetero) is 1. The summed E-state index contributed by atoms with van der Waals surface area (Å²) < 4.78 is 34.0. The number of carbonyl (C=O) groups is 3. The Morgan fingerprint density at radius 3 is 2.24 bits per heavy atom. The number of aromatic carboxylic acids is 1. The molecule has 1 amide bonds. The molecule has 46 heavy (non-hydrogen) atoms. The SMILES string of the molecule is CCOc1cc(C(=O)N2CCC3(CC2)CC(=O)c2cc(-c4ccc(F)c(C(=O)[O-])c4)ccc2O3)cc(OCC)c1-c1cnn(C)c1. The van der Waals surface area contributed by atoms with Crippen molar-refractivity contribution in [3.63, 3.8) is 0 Å². The molecule has 4 aromatic rings. The van der Waals surface area contributed by atoms with Crippen molar-refractivity contribution in [3.05, 3.63) is 83.4 Å². The monoisotopic (exact) mass is 626 g/mol. The van der Waals surface area contributed by atoms with Gasteiger partial charge in [0.1, 0.15) is 28.7 Å². The highest BCUT2D eigenvalue weighted by atomic mass is 19.1. The molecule has 0 atom stereocenters. The molecule has 0 N–H and O–H groups in total. The number of piperidine rings is 1. The number of ketones is 1. The molecule has 0 bridgehead atoms. The predicted octanol–water partition coefficient (Wildman–Crippen LogP) is 4.69. The maximum atomic E-state index is 13.9. The maximum Gasteiger partial charge on any atom is 0.254 e. The lowest BCUT2D eigenvalue weighted by Crippen LogP contribution is -2.52. The maximum absolute atomic E-state index is 13.9. The lowest BCUT2D eigenvalue weighted by atomic mass is 9.81. The summed E-state index contributed by atoms with van der Waals surface area (Å²) in [5.74, 6) is -1.29. The fourth-order valence-corrected chi connectivity index (χ4v) is 6.20. The Hall–Kier alpha value is -5.19. The fraction of sp³-hybridized carbons (Fsp3) is 0.314. The molecule has 10 nitrogen and oxygen atoms in total. The Labute approximate surface area is 265 Å². The molecule has 238 valence electrons. The summed E-state index contributed by atoms with van der Waals surface area (Å²) >= 11 is 0. The van der Waals surface area contributed by atoms with Crippen LogP contribution in [0.4, 0.5) is 4.39 Å². The summed E-state index contributed by atoms with van der Waals surface area (Å²) in [6, 6.07) is 12.2. The molecule has 1 saturated heterocycles. The van der Waals surface area contributed by atoms with Gasteiger partial charge in [0.2, 0.25) is 0 Å². The van der Waals surface area contributed by atoms with Gasteiger partial charge in [-0.1, -0.05) is 12.1 Å². The Morgan fingerprint density at radius 1 is 0.978 bits per heavy atom. The van der Waals surface area contributed by atoms with Crippen LogP contribution in [0.15, 0.2) is 60.9 Å². The summed E-state index contributed by atoms with van der Waals surface area (Å²) in [7, 11) is 1.83. The number of amides is 1. The quantitative estimate of drug-likeness (QED) is 0.276. The van der Waals surface area contributed by atoms with Gasteiger partial charge in [-0.25, -0.2) is 4.39 Å². The van der Waals surface area contributed by atoms with E-state index in [1.807, 2.05) is 27.1 Å². The number of hydrogen-bond acceptors (Lipinski definition) is 8. The number of halogens is 1. The van der Waals surface area contributed by atoms with Crippen LogP contribution in [0, 0.1) is 5.82 Å². The Balaban J connectivity index is 1.20. The van der Waals surface area contributed by atoms with Crippen LogP contribution in [0.25, 0.3) is 22.3 Å². The van der Waals surface area contributed by atoms with E-state index < -0.39 is 23.0 Å². The van der Waals surface area contributed by atoms with E-state index in [0.717, 1.165) is 17.2 Å². The minimum atomic E-state index is -1.62. The number of fused-ring (bicyclic) bond motifs is 1.